The maximum Gasteiger partial charge on any atom is 0.359 e. The predicted octanol–water partition coefficient (Wildman–Crippen LogP) is 11.7. The van der Waals surface area contributed by atoms with Crippen LogP contribution in [0.3, 0.4) is 0 Å². The lowest BCUT2D eigenvalue weighted by Gasteiger charge is -2.17. The molecular formula is C49H89NO10. The van der Waals surface area contributed by atoms with Crippen molar-refractivity contribution in [1.29, 1.82) is 0 Å². The van der Waals surface area contributed by atoms with Crippen molar-refractivity contribution in [3.05, 3.63) is 0 Å². The number of rotatable bonds is 43. The van der Waals surface area contributed by atoms with Crippen molar-refractivity contribution >= 4 is 29.8 Å². The molecule has 60 heavy (non-hydrogen) atoms. The van der Waals surface area contributed by atoms with E-state index in [1.807, 2.05) is 0 Å². The van der Waals surface area contributed by atoms with Crippen molar-refractivity contribution < 1.29 is 47.7 Å². The molecule has 1 aliphatic rings. The molecule has 1 aliphatic heterocycles. The van der Waals surface area contributed by atoms with E-state index in [0.717, 1.165) is 110 Å². The van der Waals surface area contributed by atoms with E-state index in [-0.39, 0.29) is 31.6 Å². The molecule has 0 unspecified atom stereocenters. The van der Waals surface area contributed by atoms with E-state index in [2.05, 4.69) is 18.7 Å². The second-order valence-electron chi connectivity index (χ2n) is 17.0. The van der Waals surface area contributed by atoms with Crippen molar-refractivity contribution in [3.63, 3.8) is 0 Å². The van der Waals surface area contributed by atoms with Crippen LogP contribution in [0.2, 0.25) is 0 Å². The standard InChI is InChI=1S/C49H89NO10/c1-3-5-7-9-11-13-15-19-25-34-44(51)56-40-29-21-17-23-31-42-58-48(54)47(60-46(53)36-33-39-50-37-27-28-38-50)49(55)59-43-32-24-18-22-30-41-57-45(52)35-26-20-16-14-12-10-8-6-4-2/h47H,3-43H2,1-2H3. The van der Waals surface area contributed by atoms with Gasteiger partial charge in [-0.25, -0.2) is 9.59 Å². The smallest absolute Gasteiger partial charge is 0.359 e. The highest BCUT2D eigenvalue weighted by Crippen LogP contribution is 2.14. The van der Waals surface area contributed by atoms with Gasteiger partial charge in [-0.3, -0.25) is 14.4 Å². The third-order valence-electron chi connectivity index (χ3n) is 11.3. The highest BCUT2D eigenvalue weighted by Gasteiger charge is 2.34. The molecule has 0 aliphatic carbocycles. The fourth-order valence-electron chi connectivity index (χ4n) is 7.48. The Bertz CT molecular complexity index is 999. The third kappa shape index (κ3) is 35.0. The Morgan fingerprint density at radius 2 is 0.700 bits per heavy atom. The summed E-state index contributed by atoms with van der Waals surface area (Å²) < 4.78 is 26.9. The summed E-state index contributed by atoms with van der Waals surface area (Å²) in [6.45, 7) is 8.36. The van der Waals surface area contributed by atoms with Gasteiger partial charge in [-0.1, -0.05) is 155 Å². The molecule has 0 bridgehead atoms. The first-order valence-corrected chi connectivity index (χ1v) is 24.9. The van der Waals surface area contributed by atoms with Crippen LogP contribution >= 0.6 is 0 Å². The summed E-state index contributed by atoms with van der Waals surface area (Å²) in [6, 6.07) is 0. The van der Waals surface area contributed by atoms with E-state index in [1.165, 1.54) is 89.9 Å². The van der Waals surface area contributed by atoms with Gasteiger partial charge in [0, 0.05) is 19.3 Å². The number of nitrogens with zero attached hydrogens (tertiary/aromatic N) is 1. The van der Waals surface area contributed by atoms with Crippen molar-refractivity contribution in [2.45, 2.75) is 238 Å². The zero-order chi connectivity index (χ0) is 43.6. The molecule has 1 fully saturated rings. The lowest BCUT2D eigenvalue weighted by molar-refractivity contribution is -0.180. The third-order valence-corrected chi connectivity index (χ3v) is 11.3. The maximum absolute atomic E-state index is 12.9. The van der Waals surface area contributed by atoms with E-state index in [9.17, 15) is 24.0 Å². The van der Waals surface area contributed by atoms with Gasteiger partial charge in [0.2, 0.25) is 0 Å². The molecule has 0 aromatic heterocycles. The van der Waals surface area contributed by atoms with Crippen molar-refractivity contribution in [1.82, 2.24) is 4.90 Å². The van der Waals surface area contributed by atoms with Crippen LogP contribution in [0.25, 0.3) is 0 Å². The summed E-state index contributed by atoms with van der Waals surface area (Å²) >= 11 is 0. The zero-order valence-electron chi connectivity index (χ0n) is 38.6. The van der Waals surface area contributed by atoms with Crippen LogP contribution in [0.4, 0.5) is 0 Å². The summed E-state index contributed by atoms with van der Waals surface area (Å²) in [7, 11) is 0. The summed E-state index contributed by atoms with van der Waals surface area (Å²) in [5.41, 5.74) is 0. The van der Waals surface area contributed by atoms with Crippen molar-refractivity contribution in [3.8, 4) is 0 Å². The molecule has 1 heterocycles. The number of carbonyl (C=O) groups excluding carboxylic acids is 5. The lowest BCUT2D eigenvalue weighted by atomic mass is 10.1. The number of unbranched alkanes of at least 4 members (excludes halogenated alkanes) is 24. The van der Waals surface area contributed by atoms with Crippen LogP contribution in [-0.4, -0.2) is 86.9 Å². The van der Waals surface area contributed by atoms with E-state index in [1.54, 1.807) is 0 Å². The summed E-state index contributed by atoms with van der Waals surface area (Å²) in [5.74, 6) is -2.65. The molecule has 0 aromatic carbocycles. The largest absolute Gasteiger partial charge is 0.466 e. The molecular weight excluding hydrogens is 763 g/mol. The van der Waals surface area contributed by atoms with E-state index >= 15 is 0 Å². The number of hydrogen-bond acceptors (Lipinski definition) is 11. The van der Waals surface area contributed by atoms with Gasteiger partial charge in [-0.15, -0.1) is 0 Å². The number of ether oxygens (including phenoxy) is 5. The molecule has 0 spiro atoms. The Kier molecular flexibility index (Phi) is 38.4. The monoisotopic (exact) mass is 852 g/mol. The van der Waals surface area contributed by atoms with Crippen LogP contribution in [0.1, 0.15) is 232 Å². The fourth-order valence-corrected chi connectivity index (χ4v) is 7.48. The zero-order valence-corrected chi connectivity index (χ0v) is 38.6. The van der Waals surface area contributed by atoms with Gasteiger partial charge in [0.25, 0.3) is 6.10 Å². The van der Waals surface area contributed by atoms with Gasteiger partial charge >= 0.3 is 29.8 Å². The first-order chi connectivity index (χ1) is 29.4. The summed E-state index contributed by atoms with van der Waals surface area (Å²) in [5, 5.41) is 0. The molecule has 0 amide bonds. The SMILES string of the molecule is CCCCCCCCCCCC(=O)OCCCCCCCOC(=O)C(OC(=O)CCCN1CCCC1)C(=O)OCCCCCCCOC(=O)CCCCCCCCCCC. The highest BCUT2D eigenvalue weighted by atomic mass is 16.6. The first kappa shape index (κ1) is 55.3. The number of hydrogen-bond donors (Lipinski definition) is 0. The fraction of sp³-hybridized carbons (Fsp3) is 0.898. The molecule has 11 heteroatoms. The normalized spacial score (nSPS) is 12.8. The van der Waals surface area contributed by atoms with Crippen LogP contribution < -0.4 is 0 Å². The van der Waals surface area contributed by atoms with E-state index in [0.29, 0.717) is 45.3 Å². The summed E-state index contributed by atoms with van der Waals surface area (Å²) in [6.07, 6.45) is 32.2. The molecule has 1 rings (SSSR count). The van der Waals surface area contributed by atoms with Crippen LogP contribution in [0, 0.1) is 0 Å². The van der Waals surface area contributed by atoms with Gasteiger partial charge < -0.3 is 28.6 Å². The Morgan fingerprint density at radius 3 is 1.08 bits per heavy atom. The maximum atomic E-state index is 12.9. The van der Waals surface area contributed by atoms with Gasteiger partial charge in [0.15, 0.2) is 0 Å². The molecule has 0 atom stereocenters. The average molecular weight is 852 g/mol. The first-order valence-electron chi connectivity index (χ1n) is 24.9. The molecule has 0 saturated carbocycles. The quantitative estimate of drug-likeness (QED) is 0.0251. The molecule has 11 nitrogen and oxygen atoms in total. The minimum Gasteiger partial charge on any atom is -0.466 e. The molecule has 350 valence electrons. The van der Waals surface area contributed by atoms with Crippen LogP contribution in [-0.2, 0) is 47.7 Å². The second-order valence-corrected chi connectivity index (χ2v) is 17.0. The average Bonchev–Trinajstić information content (AvgIpc) is 3.76. The molecule has 0 N–H and O–H groups in total. The molecule has 0 radical (unpaired) electrons. The van der Waals surface area contributed by atoms with Gasteiger partial charge in [-0.2, -0.15) is 0 Å². The number of carbonyl (C=O) groups is 5. The van der Waals surface area contributed by atoms with Gasteiger partial charge in [0.05, 0.1) is 26.4 Å². The van der Waals surface area contributed by atoms with Gasteiger partial charge in [-0.05, 0) is 77.4 Å². The minimum atomic E-state index is -1.74. The second kappa shape index (κ2) is 41.7. The minimum absolute atomic E-state index is 0.108. The lowest BCUT2D eigenvalue weighted by Crippen LogP contribution is -2.38. The number of esters is 5. The molecule has 0 aromatic rings. The summed E-state index contributed by atoms with van der Waals surface area (Å²) in [4.78, 5) is 64.9. The predicted molar refractivity (Wildman–Crippen MR) is 238 cm³/mol. The Balaban J connectivity index is 2.21. The Morgan fingerprint density at radius 1 is 0.383 bits per heavy atom. The Labute approximate surface area is 365 Å². The highest BCUT2D eigenvalue weighted by molar-refractivity contribution is 5.99. The van der Waals surface area contributed by atoms with Crippen LogP contribution in [0.15, 0.2) is 0 Å². The van der Waals surface area contributed by atoms with E-state index in [4.69, 9.17) is 23.7 Å². The van der Waals surface area contributed by atoms with Crippen molar-refractivity contribution in [2.75, 3.05) is 46.1 Å². The topological polar surface area (TPSA) is 135 Å². The van der Waals surface area contributed by atoms with E-state index < -0.39 is 24.0 Å². The van der Waals surface area contributed by atoms with Gasteiger partial charge in [0.1, 0.15) is 0 Å². The van der Waals surface area contributed by atoms with Crippen molar-refractivity contribution in [2.24, 2.45) is 0 Å². The van der Waals surface area contributed by atoms with Crippen LogP contribution in [0.5, 0.6) is 0 Å². The molecule has 1 saturated heterocycles. The Hall–Kier alpha value is -2.69. The number of likely N-dealkylation sites (tertiary alicyclic amines) is 1.